The molecule has 4 amide bonds. The number of Topliss-reactive ketones (excluding diaryl/α,β-unsaturated/α-hetero) is 1. The van der Waals surface area contributed by atoms with Gasteiger partial charge in [-0.2, -0.15) is 0 Å². The van der Waals surface area contributed by atoms with Gasteiger partial charge in [-0.15, -0.1) is 0 Å². The lowest BCUT2D eigenvalue weighted by Gasteiger charge is -2.24. The van der Waals surface area contributed by atoms with Gasteiger partial charge in [-0.05, 0) is 49.8 Å². The zero-order valence-corrected chi connectivity index (χ0v) is 22.5. The predicted molar refractivity (Wildman–Crippen MR) is 141 cm³/mol. The molecule has 1 aliphatic heterocycles. The molecule has 212 valence electrons. The number of hydrogen-bond donors (Lipinski definition) is 4. The molecule has 0 spiro atoms. The van der Waals surface area contributed by atoms with Gasteiger partial charge in [0.25, 0.3) is 11.8 Å². The fraction of sp³-hybridized carbons (Fsp3) is 0.500. The number of aliphatic carboxylic acids is 1. The van der Waals surface area contributed by atoms with Crippen molar-refractivity contribution in [3.8, 4) is 5.75 Å². The minimum absolute atomic E-state index is 0.0582. The molecule has 0 bridgehead atoms. The number of unbranched alkanes of at least 4 members (excludes halogenated alkanes) is 2. The Morgan fingerprint density at radius 1 is 0.897 bits per heavy atom. The zero-order chi connectivity index (χ0) is 29.1. The molecule has 1 aromatic rings. The molecule has 0 fully saturated rings. The molecule has 3 atom stereocenters. The number of carboxylic acid groups (broad SMARTS) is 1. The second-order valence-corrected chi connectivity index (χ2v) is 10.1. The molecule has 1 aromatic carbocycles. The first kappa shape index (κ1) is 31.2. The highest BCUT2D eigenvalue weighted by Crippen LogP contribution is 2.19. The third kappa shape index (κ3) is 9.99. The number of imide groups is 1. The maximum atomic E-state index is 13.3. The van der Waals surface area contributed by atoms with Crippen molar-refractivity contribution in [2.45, 2.75) is 71.4 Å². The van der Waals surface area contributed by atoms with E-state index in [-0.39, 0.29) is 61.0 Å². The molecule has 39 heavy (non-hydrogen) atoms. The molecule has 4 N–H and O–H groups in total. The lowest BCUT2D eigenvalue weighted by molar-refractivity contribution is -0.142. The van der Waals surface area contributed by atoms with Crippen molar-refractivity contribution in [2.24, 2.45) is 11.8 Å². The molecule has 1 heterocycles. The van der Waals surface area contributed by atoms with Gasteiger partial charge in [-0.1, -0.05) is 32.4 Å². The van der Waals surface area contributed by atoms with Crippen molar-refractivity contribution >= 4 is 35.4 Å². The maximum Gasteiger partial charge on any atom is 0.325 e. The first-order valence-electron chi connectivity index (χ1n) is 13.1. The van der Waals surface area contributed by atoms with Crippen LogP contribution in [0, 0.1) is 11.8 Å². The largest absolute Gasteiger partial charge is 0.508 e. The molecular weight excluding hydrogens is 506 g/mol. The summed E-state index contributed by atoms with van der Waals surface area (Å²) in [6, 6.07) is 4.18. The SMILES string of the molecule is CC(C)[C@H](CC(=O)[C@H](Cc1ccc(O)cc1)NC(=O)CCCCCN1C(=O)C=CC1=O)C(=O)N[C@@H](C)C(=O)O. The van der Waals surface area contributed by atoms with Crippen LogP contribution in [0.5, 0.6) is 5.75 Å². The fourth-order valence-electron chi connectivity index (χ4n) is 4.14. The molecular formula is C28H37N3O8. The van der Waals surface area contributed by atoms with Crippen LogP contribution < -0.4 is 10.6 Å². The Labute approximate surface area is 227 Å². The van der Waals surface area contributed by atoms with Crippen LogP contribution in [0.15, 0.2) is 36.4 Å². The number of amides is 4. The summed E-state index contributed by atoms with van der Waals surface area (Å²) < 4.78 is 0. The van der Waals surface area contributed by atoms with E-state index < -0.39 is 29.9 Å². The van der Waals surface area contributed by atoms with Crippen LogP contribution in [0.25, 0.3) is 0 Å². The Hall–Kier alpha value is -4.02. The van der Waals surface area contributed by atoms with Gasteiger partial charge in [0.05, 0.1) is 6.04 Å². The summed E-state index contributed by atoms with van der Waals surface area (Å²) in [6.07, 6.45) is 4.16. The summed E-state index contributed by atoms with van der Waals surface area (Å²) in [7, 11) is 0. The normalized spacial score (nSPS) is 15.2. The topological polar surface area (TPSA) is 170 Å². The summed E-state index contributed by atoms with van der Waals surface area (Å²) >= 11 is 0. The van der Waals surface area contributed by atoms with Crippen molar-refractivity contribution < 1.29 is 39.0 Å². The van der Waals surface area contributed by atoms with Crippen LogP contribution in [0.2, 0.25) is 0 Å². The number of rotatable bonds is 16. The van der Waals surface area contributed by atoms with E-state index in [9.17, 15) is 33.9 Å². The molecule has 0 saturated carbocycles. The number of carbonyl (C=O) groups is 6. The Kier molecular flexibility index (Phi) is 11.8. The summed E-state index contributed by atoms with van der Waals surface area (Å²) in [6.45, 7) is 5.13. The molecule has 2 rings (SSSR count). The lowest BCUT2D eigenvalue weighted by Crippen LogP contribution is -2.47. The van der Waals surface area contributed by atoms with Crippen LogP contribution in [0.3, 0.4) is 0 Å². The quantitative estimate of drug-likeness (QED) is 0.180. The Balaban J connectivity index is 1.99. The molecule has 0 saturated heterocycles. The highest BCUT2D eigenvalue weighted by molar-refractivity contribution is 6.12. The highest BCUT2D eigenvalue weighted by atomic mass is 16.4. The van der Waals surface area contributed by atoms with Gasteiger partial charge < -0.3 is 20.8 Å². The molecule has 11 nitrogen and oxygen atoms in total. The van der Waals surface area contributed by atoms with Crippen LogP contribution in [0.1, 0.15) is 58.4 Å². The van der Waals surface area contributed by atoms with Gasteiger partial charge in [0.2, 0.25) is 11.8 Å². The number of nitrogens with zero attached hydrogens (tertiary/aromatic N) is 1. The van der Waals surface area contributed by atoms with Crippen molar-refractivity contribution in [3.05, 3.63) is 42.0 Å². The molecule has 1 aliphatic rings. The van der Waals surface area contributed by atoms with E-state index in [0.717, 1.165) is 4.90 Å². The van der Waals surface area contributed by atoms with E-state index in [1.807, 2.05) is 0 Å². The summed E-state index contributed by atoms with van der Waals surface area (Å²) in [5.41, 5.74) is 0.699. The molecule has 0 aromatic heterocycles. The Morgan fingerprint density at radius 2 is 1.51 bits per heavy atom. The minimum atomic E-state index is -1.19. The number of hydrogen-bond acceptors (Lipinski definition) is 7. The highest BCUT2D eigenvalue weighted by Gasteiger charge is 2.31. The monoisotopic (exact) mass is 543 g/mol. The van der Waals surface area contributed by atoms with E-state index in [1.165, 1.54) is 31.2 Å². The van der Waals surface area contributed by atoms with E-state index in [1.54, 1.807) is 26.0 Å². The average Bonchev–Trinajstić information content (AvgIpc) is 3.19. The second-order valence-electron chi connectivity index (χ2n) is 10.1. The van der Waals surface area contributed by atoms with Gasteiger partial charge in [-0.3, -0.25) is 33.7 Å². The Morgan fingerprint density at radius 3 is 2.08 bits per heavy atom. The maximum absolute atomic E-state index is 13.3. The summed E-state index contributed by atoms with van der Waals surface area (Å²) in [5.74, 6) is -4.15. The van der Waals surface area contributed by atoms with Crippen molar-refractivity contribution in [1.29, 1.82) is 0 Å². The third-order valence-electron chi connectivity index (χ3n) is 6.58. The van der Waals surface area contributed by atoms with Gasteiger partial charge in [-0.25, -0.2) is 0 Å². The zero-order valence-electron chi connectivity index (χ0n) is 22.5. The first-order chi connectivity index (χ1) is 18.4. The fourth-order valence-corrected chi connectivity index (χ4v) is 4.14. The van der Waals surface area contributed by atoms with Crippen LogP contribution >= 0.6 is 0 Å². The van der Waals surface area contributed by atoms with Gasteiger partial charge >= 0.3 is 5.97 Å². The van der Waals surface area contributed by atoms with E-state index in [0.29, 0.717) is 24.8 Å². The number of ketones is 1. The van der Waals surface area contributed by atoms with Crippen LogP contribution in [-0.2, 0) is 35.2 Å². The summed E-state index contributed by atoms with van der Waals surface area (Å²) in [5, 5.41) is 23.8. The molecule has 0 unspecified atom stereocenters. The number of aromatic hydroxyl groups is 1. The Bertz CT molecular complexity index is 1080. The number of phenolic OH excluding ortho intramolecular Hbond substituents is 1. The van der Waals surface area contributed by atoms with E-state index >= 15 is 0 Å². The van der Waals surface area contributed by atoms with Gasteiger partial charge in [0, 0.05) is 37.5 Å². The van der Waals surface area contributed by atoms with Crippen molar-refractivity contribution in [2.75, 3.05) is 6.54 Å². The number of phenols is 1. The minimum Gasteiger partial charge on any atom is -0.508 e. The number of carboxylic acids is 1. The van der Waals surface area contributed by atoms with Crippen molar-refractivity contribution in [3.63, 3.8) is 0 Å². The standard InChI is InChI=1S/C28H37N3O8/c1-17(2)21(27(37)29-18(3)28(38)39)16-23(33)22(15-19-8-10-20(32)11-9-19)30-24(34)7-5-4-6-14-31-25(35)12-13-26(31)36/h8-13,17-18,21-22,32H,4-7,14-16H2,1-3H3,(H,29,37)(H,30,34)(H,38,39)/t18-,21-,22-/m0/s1. The molecule has 0 aliphatic carbocycles. The average molecular weight is 544 g/mol. The van der Waals surface area contributed by atoms with Crippen LogP contribution in [-0.4, -0.2) is 69.1 Å². The molecule has 0 radical (unpaired) electrons. The predicted octanol–water partition coefficient (Wildman–Crippen LogP) is 1.73. The number of carbonyl (C=O) groups excluding carboxylic acids is 5. The first-order valence-corrected chi connectivity index (χ1v) is 13.1. The van der Waals surface area contributed by atoms with E-state index in [4.69, 9.17) is 5.11 Å². The van der Waals surface area contributed by atoms with Gasteiger partial charge in [0.1, 0.15) is 11.8 Å². The molecule has 11 heteroatoms. The smallest absolute Gasteiger partial charge is 0.325 e. The number of benzene rings is 1. The van der Waals surface area contributed by atoms with Crippen molar-refractivity contribution in [1.82, 2.24) is 15.5 Å². The van der Waals surface area contributed by atoms with E-state index in [2.05, 4.69) is 10.6 Å². The van der Waals surface area contributed by atoms with Crippen LogP contribution in [0.4, 0.5) is 0 Å². The van der Waals surface area contributed by atoms with Gasteiger partial charge in [0.15, 0.2) is 5.78 Å². The number of nitrogens with one attached hydrogen (secondary N) is 2. The lowest BCUT2D eigenvalue weighted by atomic mass is 9.86. The summed E-state index contributed by atoms with van der Waals surface area (Å²) in [4.78, 5) is 74.3. The second kappa shape index (κ2) is 14.8. The third-order valence-corrected chi connectivity index (χ3v) is 6.58.